The van der Waals surface area contributed by atoms with Gasteiger partial charge in [0.05, 0.1) is 25.2 Å². The van der Waals surface area contributed by atoms with Gasteiger partial charge in [0.25, 0.3) is 5.91 Å². The van der Waals surface area contributed by atoms with E-state index in [1.165, 1.54) is 0 Å². The van der Waals surface area contributed by atoms with Crippen LogP contribution in [-0.2, 0) is 9.53 Å². The van der Waals surface area contributed by atoms with Crippen molar-refractivity contribution in [1.29, 1.82) is 0 Å². The van der Waals surface area contributed by atoms with Crippen LogP contribution in [0.15, 0.2) is 66.0 Å². The third-order valence-corrected chi connectivity index (χ3v) is 6.47. The number of methoxy groups -OCH3 is 1. The average molecular weight is 451 g/mol. The van der Waals surface area contributed by atoms with E-state index >= 15 is 0 Å². The molecular weight excluding hydrogens is 424 g/mol. The zero-order valence-corrected chi connectivity index (χ0v) is 18.9. The SMILES string of the molecule is CCOc1ccc(NC(=O)C2c3ccccc3C(=O)N(CCOC)C2c2cccs2)cc1. The lowest BCUT2D eigenvalue weighted by atomic mass is 9.81. The molecule has 0 bridgehead atoms. The van der Waals surface area contributed by atoms with E-state index in [9.17, 15) is 9.59 Å². The fourth-order valence-electron chi connectivity index (χ4n) is 4.11. The van der Waals surface area contributed by atoms with Gasteiger partial charge in [0.1, 0.15) is 5.75 Å². The molecule has 2 atom stereocenters. The van der Waals surface area contributed by atoms with Crippen molar-refractivity contribution < 1.29 is 19.1 Å². The molecule has 3 aromatic rings. The summed E-state index contributed by atoms with van der Waals surface area (Å²) in [5, 5.41) is 5.01. The minimum absolute atomic E-state index is 0.0823. The van der Waals surface area contributed by atoms with Gasteiger partial charge in [-0.2, -0.15) is 0 Å². The Hall–Kier alpha value is -3.16. The molecule has 7 heteroatoms. The van der Waals surface area contributed by atoms with Gasteiger partial charge < -0.3 is 19.7 Å². The van der Waals surface area contributed by atoms with E-state index in [1.54, 1.807) is 29.4 Å². The second-order valence-corrected chi connectivity index (χ2v) is 8.44. The third-order valence-electron chi connectivity index (χ3n) is 5.52. The smallest absolute Gasteiger partial charge is 0.254 e. The third kappa shape index (κ3) is 4.40. The number of thiophene rings is 1. The normalized spacial score (nSPS) is 17.7. The monoisotopic (exact) mass is 450 g/mol. The van der Waals surface area contributed by atoms with Gasteiger partial charge in [-0.3, -0.25) is 9.59 Å². The van der Waals surface area contributed by atoms with E-state index in [0.29, 0.717) is 31.0 Å². The molecule has 1 aliphatic rings. The molecular formula is C25H26N2O4S. The molecule has 2 amide bonds. The zero-order valence-electron chi connectivity index (χ0n) is 18.1. The number of hydrogen-bond donors (Lipinski definition) is 1. The van der Waals surface area contributed by atoms with E-state index in [2.05, 4.69) is 5.32 Å². The van der Waals surface area contributed by atoms with Gasteiger partial charge in [0.15, 0.2) is 0 Å². The zero-order chi connectivity index (χ0) is 22.5. The maximum atomic E-state index is 13.7. The molecule has 2 unspecified atom stereocenters. The molecule has 2 heterocycles. The number of fused-ring (bicyclic) bond motifs is 1. The molecule has 0 saturated heterocycles. The van der Waals surface area contributed by atoms with Crippen LogP contribution in [0.1, 0.15) is 39.7 Å². The van der Waals surface area contributed by atoms with Gasteiger partial charge in [-0.05, 0) is 54.3 Å². The van der Waals surface area contributed by atoms with Gasteiger partial charge in [-0.1, -0.05) is 24.3 Å². The standard InChI is InChI=1S/C25H26N2O4S/c1-3-31-18-12-10-17(11-13-18)26-24(28)22-19-7-4-5-8-20(19)25(29)27(14-15-30-2)23(22)21-9-6-16-32-21/h4-13,16,22-23H,3,14-15H2,1-2H3,(H,26,28). The highest BCUT2D eigenvalue weighted by Crippen LogP contribution is 2.44. The van der Waals surface area contributed by atoms with E-state index in [1.807, 2.05) is 66.9 Å². The Morgan fingerprint density at radius 1 is 1.09 bits per heavy atom. The van der Waals surface area contributed by atoms with Crippen LogP contribution in [0.4, 0.5) is 5.69 Å². The van der Waals surface area contributed by atoms with Crippen LogP contribution >= 0.6 is 11.3 Å². The second kappa shape index (κ2) is 9.97. The average Bonchev–Trinajstić information content (AvgIpc) is 3.34. The number of hydrogen-bond acceptors (Lipinski definition) is 5. The van der Waals surface area contributed by atoms with Gasteiger partial charge >= 0.3 is 0 Å². The first kappa shape index (κ1) is 22.0. The topological polar surface area (TPSA) is 67.9 Å². The first-order valence-electron chi connectivity index (χ1n) is 10.6. The van der Waals surface area contributed by atoms with Crippen LogP contribution in [-0.4, -0.2) is 43.6 Å². The Morgan fingerprint density at radius 2 is 1.88 bits per heavy atom. The largest absolute Gasteiger partial charge is 0.494 e. The number of nitrogens with one attached hydrogen (secondary N) is 1. The number of carbonyl (C=O) groups excluding carboxylic acids is 2. The molecule has 4 rings (SSSR count). The maximum Gasteiger partial charge on any atom is 0.254 e. The summed E-state index contributed by atoms with van der Waals surface area (Å²) in [4.78, 5) is 29.8. The van der Waals surface area contributed by atoms with E-state index in [-0.39, 0.29) is 11.8 Å². The molecule has 166 valence electrons. The van der Waals surface area contributed by atoms with Crippen molar-refractivity contribution in [1.82, 2.24) is 4.90 Å². The van der Waals surface area contributed by atoms with Crippen LogP contribution in [0, 0.1) is 0 Å². The lowest BCUT2D eigenvalue weighted by molar-refractivity contribution is -0.119. The summed E-state index contributed by atoms with van der Waals surface area (Å²) in [5.41, 5.74) is 1.98. The fraction of sp³-hybridized carbons (Fsp3) is 0.280. The number of amides is 2. The highest BCUT2D eigenvalue weighted by atomic mass is 32.1. The van der Waals surface area contributed by atoms with Gasteiger partial charge in [0.2, 0.25) is 5.91 Å². The molecule has 0 radical (unpaired) electrons. The van der Waals surface area contributed by atoms with Crippen molar-refractivity contribution >= 4 is 28.8 Å². The molecule has 1 aliphatic heterocycles. The fourth-order valence-corrected chi connectivity index (χ4v) is 4.98. The Bertz CT molecular complexity index is 1070. The van der Waals surface area contributed by atoms with Crippen LogP contribution in [0.5, 0.6) is 5.75 Å². The minimum atomic E-state index is -0.550. The van der Waals surface area contributed by atoms with Crippen molar-refractivity contribution in [2.75, 3.05) is 32.2 Å². The van der Waals surface area contributed by atoms with E-state index < -0.39 is 12.0 Å². The predicted molar refractivity (Wildman–Crippen MR) is 125 cm³/mol. The predicted octanol–water partition coefficient (Wildman–Crippen LogP) is 4.71. The first-order chi connectivity index (χ1) is 15.6. The first-order valence-corrected chi connectivity index (χ1v) is 11.5. The number of ether oxygens (including phenoxy) is 2. The van der Waals surface area contributed by atoms with Gasteiger partial charge in [0, 0.05) is 29.8 Å². The molecule has 0 spiro atoms. The lowest BCUT2D eigenvalue weighted by Crippen LogP contribution is -2.47. The molecule has 32 heavy (non-hydrogen) atoms. The number of carbonyl (C=O) groups is 2. The summed E-state index contributed by atoms with van der Waals surface area (Å²) in [6.07, 6.45) is 0. The Labute approximate surface area is 191 Å². The van der Waals surface area contributed by atoms with Crippen molar-refractivity contribution in [2.24, 2.45) is 0 Å². The lowest BCUT2D eigenvalue weighted by Gasteiger charge is -2.41. The molecule has 0 aliphatic carbocycles. The van der Waals surface area contributed by atoms with Crippen molar-refractivity contribution in [2.45, 2.75) is 18.9 Å². The van der Waals surface area contributed by atoms with Crippen molar-refractivity contribution in [3.63, 3.8) is 0 Å². The summed E-state index contributed by atoms with van der Waals surface area (Å²) >= 11 is 1.55. The summed E-state index contributed by atoms with van der Waals surface area (Å²) in [6.45, 7) is 3.30. The molecule has 0 fully saturated rings. The van der Waals surface area contributed by atoms with Crippen molar-refractivity contribution in [3.8, 4) is 5.75 Å². The van der Waals surface area contributed by atoms with E-state index in [4.69, 9.17) is 9.47 Å². The van der Waals surface area contributed by atoms with Gasteiger partial charge in [-0.15, -0.1) is 11.3 Å². The highest BCUT2D eigenvalue weighted by molar-refractivity contribution is 7.10. The van der Waals surface area contributed by atoms with Crippen LogP contribution in [0.3, 0.4) is 0 Å². The number of benzene rings is 2. The molecule has 2 aromatic carbocycles. The molecule has 0 saturated carbocycles. The number of rotatable bonds is 8. The maximum absolute atomic E-state index is 13.7. The molecule has 1 aromatic heterocycles. The molecule has 1 N–H and O–H groups in total. The summed E-state index contributed by atoms with van der Waals surface area (Å²) < 4.78 is 10.8. The summed E-state index contributed by atoms with van der Waals surface area (Å²) in [6, 6.07) is 18.2. The Balaban J connectivity index is 1.72. The Kier molecular flexibility index (Phi) is 6.87. The van der Waals surface area contributed by atoms with Gasteiger partial charge in [-0.25, -0.2) is 0 Å². The Morgan fingerprint density at radius 3 is 2.56 bits per heavy atom. The highest BCUT2D eigenvalue weighted by Gasteiger charge is 2.44. The quantitative estimate of drug-likeness (QED) is 0.540. The number of nitrogens with zero attached hydrogens (tertiary/aromatic N) is 1. The number of anilines is 1. The van der Waals surface area contributed by atoms with Crippen LogP contribution in [0.25, 0.3) is 0 Å². The second-order valence-electron chi connectivity index (χ2n) is 7.46. The van der Waals surface area contributed by atoms with E-state index in [0.717, 1.165) is 16.2 Å². The summed E-state index contributed by atoms with van der Waals surface area (Å²) in [7, 11) is 1.61. The van der Waals surface area contributed by atoms with Crippen molar-refractivity contribution in [3.05, 3.63) is 82.0 Å². The molecule has 6 nitrogen and oxygen atoms in total. The summed E-state index contributed by atoms with van der Waals surface area (Å²) in [5.74, 6) is -0.0385. The van der Waals surface area contributed by atoms with Crippen LogP contribution in [0.2, 0.25) is 0 Å². The minimum Gasteiger partial charge on any atom is -0.494 e. The van der Waals surface area contributed by atoms with Crippen LogP contribution < -0.4 is 10.1 Å².